The average molecular weight is 816 g/mol. The molecule has 12 rings (SSSR count). The third-order valence-corrected chi connectivity index (χ3v) is 13.6. The van der Waals surface area contributed by atoms with Crippen LogP contribution in [0.5, 0.6) is 0 Å². The van der Waals surface area contributed by atoms with E-state index >= 15 is 0 Å². The molecule has 1 nitrogen and oxygen atoms in total. The molecule has 0 N–H and O–H groups in total. The number of nitrogens with zero attached hydrogens (tertiary/aromatic N) is 1. The summed E-state index contributed by atoms with van der Waals surface area (Å²) in [5.41, 5.74) is 18.3. The van der Waals surface area contributed by atoms with Crippen LogP contribution in [0, 0.1) is 0 Å². The molecule has 1 aliphatic carbocycles. The van der Waals surface area contributed by atoms with Crippen molar-refractivity contribution in [1.29, 1.82) is 0 Å². The number of anilines is 3. The van der Waals surface area contributed by atoms with Crippen LogP contribution in [0.15, 0.2) is 237 Å². The van der Waals surface area contributed by atoms with Crippen LogP contribution in [0.3, 0.4) is 0 Å². The largest absolute Gasteiger partial charge is 0.310 e. The van der Waals surface area contributed by atoms with E-state index in [1.54, 1.807) is 0 Å². The average Bonchev–Trinajstić information content (AvgIpc) is 3.59. The van der Waals surface area contributed by atoms with Crippen LogP contribution < -0.4 is 4.90 Å². The van der Waals surface area contributed by atoms with E-state index in [0.29, 0.717) is 0 Å². The second-order valence-electron chi connectivity index (χ2n) is 17.6. The van der Waals surface area contributed by atoms with Gasteiger partial charge in [0.1, 0.15) is 0 Å². The second-order valence-corrected chi connectivity index (χ2v) is 17.6. The highest BCUT2D eigenvalue weighted by molar-refractivity contribution is 6.33. The number of hydrogen-bond acceptors (Lipinski definition) is 1. The van der Waals surface area contributed by atoms with Crippen LogP contribution in [0.4, 0.5) is 17.1 Å². The Morgan fingerprint density at radius 1 is 0.281 bits per heavy atom. The highest BCUT2D eigenvalue weighted by Crippen LogP contribution is 2.53. The lowest BCUT2D eigenvalue weighted by atomic mass is 9.81. The molecule has 1 heteroatoms. The van der Waals surface area contributed by atoms with Crippen molar-refractivity contribution in [3.8, 4) is 55.6 Å². The first-order valence-electron chi connectivity index (χ1n) is 22.3. The van der Waals surface area contributed by atoms with Crippen molar-refractivity contribution in [2.75, 3.05) is 4.90 Å². The summed E-state index contributed by atoms with van der Waals surface area (Å²) >= 11 is 0. The topological polar surface area (TPSA) is 3.24 Å². The lowest BCUT2D eigenvalue weighted by molar-refractivity contribution is 0.660. The van der Waals surface area contributed by atoms with Gasteiger partial charge in [-0.05, 0) is 142 Å². The fourth-order valence-electron chi connectivity index (χ4n) is 10.6. The zero-order valence-electron chi connectivity index (χ0n) is 36.0. The van der Waals surface area contributed by atoms with Gasteiger partial charge in [-0.2, -0.15) is 0 Å². The molecule has 0 bridgehead atoms. The molecule has 0 heterocycles. The monoisotopic (exact) mass is 815 g/mol. The molecule has 1 aliphatic rings. The predicted molar refractivity (Wildman–Crippen MR) is 273 cm³/mol. The molecule has 302 valence electrons. The maximum Gasteiger partial charge on any atom is 0.0468 e. The molecule has 0 atom stereocenters. The number of rotatable bonds is 7. The van der Waals surface area contributed by atoms with E-state index in [1.165, 1.54) is 99.1 Å². The Labute approximate surface area is 375 Å². The smallest absolute Gasteiger partial charge is 0.0468 e. The zero-order chi connectivity index (χ0) is 42.8. The van der Waals surface area contributed by atoms with E-state index in [9.17, 15) is 0 Å². The second kappa shape index (κ2) is 15.1. The van der Waals surface area contributed by atoms with Gasteiger partial charge >= 0.3 is 0 Å². The molecule has 0 radical (unpaired) electrons. The van der Waals surface area contributed by atoms with E-state index in [1.807, 2.05) is 0 Å². The van der Waals surface area contributed by atoms with Crippen molar-refractivity contribution in [2.45, 2.75) is 19.3 Å². The molecule has 64 heavy (non-hydrogen) atoms. The lowest BCUT2D eigenvalue weighted by Gasteiger charge is -2.29. The fraction of sp³-hybridized carbons (Fsp3) is 0.0476. The minimum absolute atomic E-state index is 0.140. The normalized spacial score (nSPS) is 12.7. The van der Waals surface area contributed by atoms with Crippen LogP contribution in [-0.2, 0) is 5.41 Å². The highest BCUT2D eigenvalue weighted by atomic mass is 15.1. The van der Waals surface area contributed by atoms with Crippen LogP contribution in [0.2, 0.25) is 0 Å². The molecule has 11 aromatic rings. The summed E-state index contributed by atoms with van der Waals surface area (Å²) in [5.74, 6) is 0. The van der Waals surface area contributed by atoms with Crippen LogP contribution in [0.25, 0.3) is 88.0 Å². The Kier molecular flexibility index (Phi) is 8.91. The van der Waals surface area contributed by atoms with E-state index in [4.69, 9.17) is 0 Å². The molecule has 0 aromatic heterocycles. The fourth-order valence-corrected chi connectivity index (χ4v) is 10.6. The van der Waals surface area contributed by atoms with Gasteiger partial charge in [0.05, 0.1) is 0 Å². The summed E-state index contributed by atoms with van der Waals surface area (Å²) in [4.78, 5) is 2.47. The van der Waals surface area contributed by atoms with Gasteiger partial charge in [0.15, 0.2) is 0 Å². The minimum Gasteiger partial charge on any atom is -0.310 e. The van der Waals surface area contributed by atoms with Gasteiger partial charge in [0.2, 0.25) is 0 Å². The molecule has 0 spiro atoms. The van der Waals surface area contributed by atoms with E-state index < -0.39 is 0 Å². The van der Waals surface area contributed by atoms with E-state index in [2.05, 4.69) is 255 Å². The van der Waals surface area contributed by atoms with Gasteiger partial charge in [-0.3, -0.25) is 0 Å². The summed E-state index contributed by atoms with van der Waals surface area (Å²) in [5, 5.41) is 7.47. The molecule has 0 amide bonds. The van der Waals surface area contributed by atoms with Crippen LogP contribution >= 0.6 is 0 Å². The summed E-state index contributed by atoms with van der Waals surface area (Å²) in [6, 6.07) is 87.3. The van der Waals surface area contributed by atoms with Crippen molar-refractivity contribution in [3.05, 3.63) is 248 Å². The Morgan fingerprint density at radius 3 is 1.52 bits per heavy atom. The third kappa shape index (κ3) is 6.08. The SMILES string of the molecule is CC1(C)c2ccccc2-c2ccc(N(c3cccc(-c4ccccc4)c3)c3ccc4c(c3)c3ccccc3c3c(-c5ccccc5)cc(-c5ccccc5)c(-c5ccccc5)c43)cc21. The predicted octanol–water partition coefficient (Wildman–Crippen LogP) is 17.6. The Balaban J connectivity index is 1.18. The van der Waals surface area contributed by atoms with Crippen LogP contribution in [0.1, 0.15) is 25.0 Å². The number of fused-ring (bicyclic) bond motifs is 9. The molecule has 11 aromatic carbocycles. The molecule has 0 unspecified atom stereocenters. The zero-order valence-corrected chi connectivity index (χ0v) is 36.0. The Bertz CT molecular complexity index is 3550. The molecule has 0 saturated carbocycles. The Hall–Kier alpha value is -8.00. The van der Waals surface area contributed by atoms with Crippen molar-refractivity contribution in [1.82, 2.24) is 0 Å². The third-order valence-electron chi connectivity index (χ3n) is 13.6. The maximum absolute atomic E-state index is 2.47. The first-order chi connectivity index (χ1) is 31.5. The van der Waals surface area contributed by atoms with Crippen molar-refractivity contribution in [2.24, 2.45) is 0 Å². The summed E-state index contributed by atoms with van der Waals surface area (Å²) < 4.78 is 0. The van der Waals surface area contributed by atoms with Gasteiger partial charge in [-0.15, -0.1) is 0 Å². The van der Waals surface area contributed by atoms with E-state index in [-0.39, 0.29) is 5.41 Å². The molecule has 0 aliphatic heterocycles. The first kappa shape index (κ1) is 37.7. The van der Waals surface area contributed by atoms with Crippen molar-refractivity contribution >= 4 is 49.4 Å². The van der Waals surface area contributed by atoms with Gasteiger partial charge in [-0.25, -0.2) is 0 Å². The van der Waals surface area contributed by atoms with Crippen LogP contribution in [-0.4, -0.2) is 0 Å². The molecular formula is C63H45N. The molecule has 0 saturated heterocycles. The van der Waals surface area contributed by atoms with Gasteiger partial charge in [0.25, 0.3) is 0 Å². The number of benzene rings is 11. The highest BCUT2D eigenvalue weighted by Gasteiger charge is 2.36. The molecule has 0 fully saturated rings. The van der Waals surface area contributed by atoms with Gasteiger partial charge in [0, 0.05) is 22.5 Å². The molecular weight excluding hydrogens is 771 g/mol. The number of hydrogen-bond donors (Lipinski definition) is 0. The standard InChI is InChI=1S/C63H45N/c1-63(2)58-33-18-17-31-51(58)52-36-34-49(40-59(52)63)64(47-29-19-28-46(38-47)42-20-7-3-8-21-42)48-35-37-54-57(39-48)50-30-15-16-32-53(50)61-56(44-24-11-5-12-25-44)41-55(43-22-9-4-10-23-43)60(62(54)61)45-26-13-6-14-27-45/h3-41H,1-2H3. The Morgan fingerprint density at radius 2 is 0.797 bits per heavy atom. The van der Waals surface area contributed by atoms with Crippen molar-refractivity contribution < 1.29 is 0 Å². The minimum atomic E-state index is -0.140. The summed E-state index contributed by atoms with van der Waals surface area (Å²) in [6.45, 7) is 4.74. The maximum atomic E-state index is 2.47. The van der Waals surface area contributed by atoms with Crippen molar-refractivity contribution in [3.63, 3.8) is 0 Å². The summed E-state index contributed by atoms with van der Waals surface area (Å²) in [6.07, 6.45) is 0. The lowest BCUT2D eigenvalue weighted by Crippen LogP contribution is -2.16. The summed E-state index contributed by atoms with van der Waals surface area (Å²) in [7, 11) is 0. The quantitative estimate of drug-likeness (QED) is 0.145. The van der Waals surface area contributed by atoms with Gasteiger partial charge < -0.3 is 4.90 Å². The first-order valence-corrected chi connectivity index (χ1v) is 22.3. The van der Waals surface area contributed by atoms with Gasteiger partial charge in [-0.1, -0.05) is 208 Å². The van der Waals surface area contributed by atoms with E-state index in [0.717, 1.165) is 17.1 Å².